The Bertz CT molecular complexity index is 1300. The summed E-state index contributed by atoms with van der Waals surface area (Å²) in [7, 11) is 1.52. The molecular formula is C24H23N5O3S2. The molecule has 0 aliphatic carbocycles. The number of ether oxygens (including phenoxy) is 1. The zero-order chi connectivity index (χ0) is 24.1. The molecule has 2 aromatic carbocycles. The van der Waals surface area contributed by atoms with Crippen molar-refractivity contribution >= 4 is 45.7 Å². The van der Waals surface area contributed by atoms with E-state index in [4.69, 9.17) is 4.74 Å². The van der Waals surface area contributed by atoms with Crippen LogP contribution in [0.4, 0.5) is 15.6 Å². The summed E-state index contributed by atoms with van der Waals surface area (Å²) in [4.78, 5) is 38.6. The average molecular weight is 494 g/mol. The van der Waals surface area contributed by atoms with Crippen LogP contribution in [0.1, 0.15) is 38.5 Å². The fourth-order valence-corrected chi connectivity index (χ4v) is 5.06. The maximum atomic E-state index is 13.3. The van der Waals surface area contributed by atoms with Gasteiger partial charge in [0.1, 0.15) is 5.75 Å². The van der Waals surface area contributed by atoms with E-state index >= 15 is 0 Å². The van der Waals surface area contributed by atoms with Gasteiger partial charge in [-0.25, -0.2) is 14.8 Å². The number of urea groups is 1. The number of para-hydroxylation sites is 1. The number of thiazole rings is 1. The number of methoxy groups -OCH3 is 1. The zero-order valence-electron chi connectivity index (χ0n) is 18.8. The van der Waals surface area contributed by atoms with E-state index in [-0.39, 0.29) is 11.0 Å². The van der Waals surface area contributed by atoms with Crippen molar-refractivity contribution in [2.45, 2.75) is 24.3 Å². The molecule has 0 aliphatic rings. The van der Waals surface area contributed by atoms with Gasteiger partial charge >= 0.3 is 6.03 Å². The molecule has 4 aromatic rings. The number of benzene rings is 2. The molecule has 2 amide bonds. The number of hydrogen-bond donors (Lipinski definition) is 3. The van der Waals surface area contributed by atoms with E-state index in [0.717, 1.165) is 15.6 Å². The largest absolute Gasteiger partial charge is 0.496 e. The van der Waals surface area contributed by atoms with Crippen LogP contribution < -0.4 is 15.4 Å². The van der Waals surface area contributed by atoms with E-state index in [0.29, 0.717) is 27.7 Å². The molecule has 8 nitrogen and oxygen atoms in total. The maximum absolute atomic E-state index is 13.3. The van der Waals surface area contributed by atoms with Crippen molar-refractivity contribution in [1.29, 1.82) is 0 Å². The van der Waals surface area contributed by atoms with Gasteiger partial charge in [-0.2, -0.15) is 0 Å². The van der Waals surface area contributed by atoms with Gasteiger partial charge in [0.2, 0.25) is 0 Å². The fourth-order valence-electron chi connectivity index (χ4n) is 3.26. The summed E-state index contributed by atoms with van der Waals surface area (Å²) in [5.41, 5.74) is 2.10. The van der Waals surface area contributed by atoms with Gasteiger partial charge in [0, 0.05) is 34.3 Å². The number of nitrogens with zero attached hydrogens (tertiary/aromatic N) is 2. The minimum Gasteiger partial charge on any atom is -0.496 e. The molecule has 0 aliphatic heterocycles. The first kappa shape index (κ1) is 23.5. The third-order valence-electron chi connectivity index (χ3n) is 4.93. The molecule has 10 heteroatoms. The number of aromatic nitrogens is 3. The topological polar surface area (TPSA) is 109 Å². The number of H-pyrrole nitrogens is 1. The van der Waals surface area contributed by atoms with Crippen molar-refractivity contribution < 1.29 is 14.3 Å². The normalized spacial score (nSPS) is 11.6. The number of imidazole rings is 1. The van der Waals surface area contributed by atoms with Crippen LogP contribution in [0.2, 0.25) is 0 Å². The molecule has 4 rings (SSSR count). The first-order valence-corrected chi connectivity index (χ1v) is 12.1. The van der Waals surface area contributed by atoms with Gasteiger partial charge in [-0.1, -0.05) is 35.5 Å². The second-order valence-corrected chi connectivity index (χ2v) is 9.77. The summed E-state index contributed by atoms with van der Waals surface area (Å²) in [6.45, 7) is 3.94. The third-order valence-corrected chi connectivity index (χ3v) is 7.22. The molecule has 0 spiro atoms. The van der Waals surface area contributed by atoms with Gasteiger partial charge in [0.05, 0.1) is 18.4 Å². The second kappa shape index (κ2) is 10.5. The van der Waals surface area contributed by atoms with Crippen LogP contribution in [0.25, 0.3) is 0 Å². The smallest absolute Gasteiger partial charge is 0.325 e. The number of carbonyl (C=O) groups is 2. The van der Waals surface area contributed by atoms with E-state index < -0.39 is 6.03 Å². The summed E-state index contributed by atoms with van der Waals surface area (Å²) in [5.74, 6) is 0.234. The lowest BCUT2D eigenvalue weighted by molar-refractivity contribution is 0.103. The van der Waals surface area contributed by atoms with Gasteiger partial charge in [0.15, 0.2) is 16.1 Å². The quantitative estimate of drug-likeness (QED) is 0.208. The Morgan fingerprint density at radius 3 is 2.71 bits per heavy atom. The fraction of sp³-hybridized carbons (Fsp3) is 0.167. The Morgan fingerprint density at radius 1 is 1.12 bits per heavy atom. The summed E-state index contributed by atoms with van der Waals surface area (Å²) in [6, 6.07) is 11.8. The highest BCUT2D eigenvalue weighted by Gasteiger charge is 2.20. The molecule has 1 atom stereocenters. The first-order chi connectivity index (χ1) is 16.4. The number of rotatable bonds is 8. The Labute approximate surface area is 205 Å². The number of nitrogens with one attached hydrogen (secondary N) is 3. The SMILES string of the molecule is COc1ccccc1C(=O)c1cc(C)ccc1NC(=O)Nc1ncc(C(C)Sc2ncc[nH]2)s1. The lowest BCUT2D eigenvalue weighted by atomic mass is 9.99. The number of ketones is 1. The van der Waals surface area contributed by atoms with E-state index in [2.05, 4.69) is 25.6 Å². The molecule has 174 valence electrons. The van der Waals surface area contributed by atoms with Gasteiger partial charge in [0.25, 0.3) is 0 Å². The molecule has 0 saturated carbocycles. The predicted octanol–water partition coefficient (Wildman–Crippen LogP) is 5.91. The van der Waals surface area contributed by atoms with Gasteiger partial charge in [-0.3, -0.25) is 10.1 Å². The van der Waals surface area contributed by atoms with Crippen LogP contribution in [0.5, 0.6) is 5.75 Å². The molecule has 0 radical (unpaired) electrons. The molecule has 1 unspecified atom stereocenters. The Kier molecular flexibility index (Phi) is 7.29. The molecule has 2 aromatic heterocycles. The van der Waals surface area contributed by atoms with Crippen LogP contribution in [0.15, 0.2) is 66.2 Å². The van der Waals surface area contributed by atoms with Crippen molar-refractivity contribution in [3.05, 3.63) is 82.6 Å². The highest BCUT2D eigenvalue weighted by Crippen LogP contribution is 2.36. The molecule has 0 bridgehead atoms. The van der Waals surface area contributed by atoms with E-state index in [1.54, 1.807) is 66.8 Å². The Balaban J connectivity index is 1.48. The van der Waals surface area contributed by atoms with E-state index in [9.17, 15) is 9.59 Å². The number of amides is 2. The Morgan fingerprint density at radius 2 is 1.94 bits per heavy atom. The van der Waals surface area contributed by atoms with Crippen LogP contribution in [0.3, 0.4) is 0 Å². The molecule has 2 heterocycles. The summed E-state index contributed by atoms with van der Waals surface area (Å²) >= 11 is 2.96. The molecule has 0 fully saturated rings. The van der Waals surface area contributed by atoms with Gasteiger partial charge in [-0.15, -0.1) is 11.3 Å². The minimum atomic E-state index is -0.481. The summed E-state index contributed by atoms with van der Waals surface area (Å²) in [5, 5.41) is 6.94. The number of carbonyl (C=O) groups excluding carboxylic acids is 2. The van der Waals surface area contributed by atoms with Gasteiger partial charge < -0.3 is 15.0 Å². The minimum absolute atomic E-state index is 0.115. The van der Waals surface area contributed by atoms with Crippen LogP contribution in [0, 0.1) is 6.92 Å². The van der Waals surface area contributed by atoms with Crippen LogP contribution in [-0.4, -0.2) is 33.9 Å². The average Bonchev–Trinajstić information content (AvgIpc) is 3.52. The molecule has 0 saturated heterocycles. The first-order valence-electron chi connectivity index (χ1n) is 10.4. The van der Waals surface area contributed by atoms with Gasteiger partial charge in [-0.05, 0) is 38.1 Å². The highest BCUT2D eigenvalue weighted by atomic mass is 32.2. The lowest BCUT2D eigenvalue weighted by Crippen LogP contribution is -2.21. The highest BCUT2D eigenvalue weighted by molar-refractivity contribution is 7.99. The van der Waals surface area contributed by atoms with Crippen molar-refractivity contribution in [1.82, 2.24) is 15.0 Å². The zero-order valence-corrected chi connectivity index (χ0v) is 20.4. The lowest BCUT2D eigenvalue weighted by Gasteiger charge is -2.13. The number of aromatic amines is 1. The predicted molar refractivity (Wildman–Crippen MR) is 135 cm³/mol. The summed E-state index contributed by atoms with van der Waals surface area (Å²) in [6.07, 6.45) is 5.22. The van der Waals surface area contributed by atoms with Crippen molar-refractivity contribution in [2.24, 2.45) is 0 Å². The number of aryl methyl sites for hydroxylation is 1. The molecule has 3 N–H and O–H groups in total. The van der Waals surface area contributed by atoms with E-state index in [1.807, 2.05) is 19.9 Å². The van der Waals surface area contributed by atoms with Crippen LogP contribution >= 0.6 is 23.1 Å². The number of anilines is 2. The molecular weight excluding hydrogens is 470 g/mol. The third kappa shape index (κ3) is 5.46. The van der Waals surface area contributed by atoms with Crippen molar-refractivity contribution in [2.75, 3.05) is 17.7 Å². The van der Waals surface area contributed by atoms with E-state index in [1.165, 1.54) is 18.4 Å². The number of thioether (sulfide) groups is 1. The number of hydrogen-bond acceptors (Lipinski definition) is 7. The van der Waals surface area contributed by atoms with Crippen LogP contribution in [-0.2, 0) is 0 Å². The monoisotopic (exact) mass is 493 g/mol. The Hall–Kier alpha value is -3.63. The van der Waals surface area contributed by atoms with Crippen molar-refractivity contribution in [3.8, 4) is 5.75 Å². The second-order valence-electron chi connectivity index (χ2n) is 7.38. The molecule has 34 heavy (non-hydrogen) atoms. The van der Waals surface area contributed by atoms with Crippen molar-refractivity contribution in [3.63, 3.8) is 0 Å². The maximum Gasteiger partial charge on any atom is 0.325 e. The standard InChI is InChI=1S/C24H23N5O3S2/c1-14-8-9-18(17(12-14)21(30)16-6-4-5-7-19(16)32-3)28-22(31)29-24-27-13-20(34-24)15(2)33-23-25-10-11-26-23/h4-13,15H,1-3H3,(H,25,26)(H2,27,28,29,31). The summed E-state index contributed by atoms with van der Waals surface area (Å²) < 4.78 is 5.34.